The molecule has 0 unspecified atom stereocenters. The fraction of sp³-hybridized carbons (Fsp3) is 0.217. The third-order valence-corrected chi connectivity index (χ3v) is 6.45. The fourth-order valence-electron chi connectivity index (χ4n) is 3.76. The highest BCUT2D eigenvalue weighted by Crippen LogP contribution is 2.32. The second-order valence-corrected chi connectivity index (χ2v) is 8.40. The molecule has 8 heteroatoms. The van der Waals surface area contributed by atoms with Gasteiger partial charge < -0.3 is 15.0 Å². The van der Waals surface area contributed by atoms with Gasteiger partial charge in [-0.15, -0.1) is 11.3 Å². The molecule has 1 N–H and O–H groups in total. The number of carbonyl (C=O) groups excluding carboxylic acids is 1. The number of ether oxygens (including phenoxy) is 1. The van der Waals surface area contributed by atoms with Crippen LogP contribution < -0.4 is 10.2 Å². The average Bonchev–Trinajstić information content (AvgIpc) is 3.36. The Labute approximate surface area is 182 Å². The van der Waals surface area contributed by atoms with E-state index in [0.717, 1.165) is 46.1 Å². The molecule has 1 aliphatic heterocycles. The van der Waals surface area contributed by atoms with Crippen LogP contribution in [0.15, 0.2) is 54.6 Å². The number of nitrogens with one attached hydrogen (secondary N) is 1. The van der Waals surface area contributed by atoms with Crippen molar-refractivity contribution in [3.63, 3.8) is 0 Å². The molecule has 31 heavy (non-hydrogen) atoms. The molecule has 4 aromatic rings. The summed E-state index contributed by atoms with van der Waals surface area (Å²) in [6.07, 6.45) is 0. The molecule has 0 bridgehead atoms. The number of thiophene rings is 1. The van der Waals surface area contributed by atoms with Crippen molar-refractivity contribution in [2.45, 2.75) is 6.92 Å². The van der Waals surface area contributed by atoms with E-state index in [9.17, 15) is 9.18 Å². The number of para-hydroxylation sites is 2. The first-order valence-corrected chi connectivity index (χ1v) is 10.9. The van der Waals surface area contributed by atoms with Crippen LogP contribution in [0.2, 0.25) is 0 Å². The minimum atomic E-state index is -0.297. The quantitative estimate of drug-likeness (QED) is 0.507. The molecule has 3 heterocycles. The zero-order valence-corrected chi connectivity index (χ0v) is 17.8. The van der Waals surface area contributed by atoms with Gasteiger partial charge in [0.25, 0.3) is 5.91 Å². The summed E-state index contributed by atoms with van der Waals surface area (Å²) in [6.45, 7) is 4.85. The highest BCUT2D eigenvalue weighted by atomic mass is 32.1. The molecule has 0 spiro atoms. The van der Waals surface area contributed by atoms with E-state index in [2.05, 4.69) is 15.3 Å². The number of rotatable bonds is 4. The van der Waals surface area contributed by atoms with Crippen molar-refractivity contribution >= 4 is 38.8 Å². The van der Waals surface area contributed by atoms with Crippen LogP contribution in [-0.4, -0.2) is 42.0 Å². The molecule has 2 aromatic carbocycles. The number of aryl methyl sites for hydroxylation is 1. The maximum absolute atomic E-state index is 13.3. The number of aromatic nitrogens is 2. The van der Waals surface area contributed by atoms with E-state index in [4.69, 9.17) is 4.74 Å². The van der Waals surface area contributed by atoms with E-state index in [1.54, 1.807) is 16.8 Å². The second kappa shape index (κ2) is 8.13. The number of morpholine rings is 1. The van der Waals surface area contributed by atoms with E-state index in [1.807, 2.05) is 37.3 Å². The van der Waals surface area contributed by atoms with Gasteiger partial charge in [-0.25, -0.2) is 9.07 Å². The number of hydrogen-bond acceptors (Lipinski definition) is 5. The molecular weight excluding hydrogens is 415 g/mol. The lowest BCUT2D eigenvalue weighted by Crippen LogP contribution is -2.36. The van der Waals surface area contributed by atoms with E-state index < -0.39 is 0 Å². The van der Waals surface area contributed by atoms with Gasteiger partial charge in [-0.3, -0.25) is 4.79 Å². The topological polar surface area (TPSA) is 59.4 Å². The molecular formula is C23H21FN4O2S. The number of halogens is 1. The van der Waals surface area contributed by atoms with Crippen LogP contribution in [0.3, 0.4) is 0 Å². The minimum Gasteiger partial charge on any atom is -0.378 e. The zero-order chi connectivity index (χ0) is 21.4. The van der Waals surface area contributed by atoms with Crippen LogP contribution in [0.1, 0.15) is 15.4 Å². The summed E-state index contributed by atoms with van der Waals surface area (Å²) in [5.41, 5.74) is 3.35. The summed E-state index contributed by atoms with van der Waals surface area (Å²) in [6, 6.07) is 15.9. The van der Waals surface area contributed by atoms with E-state index >= 15 is 0 Å². The van der Waals surface area contributed by atoms with Crippen LogP contribution >= 0.6 is 11.3 Å². The zero-order valence-electron chi connectivity index (χ0n) is 17.0. The largest absolute Gasteiger partial charge is 0.378 e. The molecule has 5 rings (SSSR count). The minimum absolute atomic E-state index is 0.160. The van der Waals surface area contributed by atoms with Crippen molar-refractivity contribution < 1.29 is 13.9 Å². The van der Waals surface area contributed by atoms with Crippen LogP contribution in [0.5, 0.6) is 0 Å². The van der Waals surface area contributed by atoms with E-state index in [-0.39, 0.29) is 11.7 Å². The lowest BCUT2D eigenvalue weighted by molar-refractivity contribution is 0.103. The first-order valence-electron chi connectivity index (χ1n) is 10.1. The summed E-state index contributed by atoms with van der Waals surface area (Å²) in [4.78, 5) is 16.8. The molecule has 1 saturated heterocycles. The predicted molar refractivity (Wildman–Crippen MR) is 121 cm³/mol. The fourth-order valence-corrected chi connectivity index (χ4v) is 4.84. The van der Waals surface area contributed by atoms with Crippen molar-refractivity contribution in [2.24, 2.45) is 0 Å². The summed E-state index contributed by atoms with van der Waals surface area (Å²) < 4.78 is 20.5. The molecule has 0 aliphatic carbocycles. The SMILES string of the molecule is Cc1nn(-c2ccc(F)cc2)c2sc(C(=O)Nc3ccccc3N3CCOCC3)cc12. The van der Waals surface area contributed by atoms with E-state index in [1.165, 1.54) is 23.5 Å². The highest BCUT2D eigenvalue weighted by Gasteiger charge is 2.20. The summed E-state index contributed by atoms with van der Waals surface area (Å²) >= 11 is 1.37. The lowest BCUT2D eigenvalue weighted by atomic mass is 10.2. The summed E-state index contributed by atoms with van der Waals surface area (Å²) in [5, 5.41) is 8.55. The number of benzene rings is 2. The van der Waals surface area contributed by atoms with Crippen molar-refractivity contribution in [2.75, 3.05) is 36.5 Å². The predicted octanol–water partition coefficient (Wildman–Crippen LogP) is 4.62. The molecule has 0 radical (unpaired) electrons. The Balaban J connectivity index is 1.45. The number of hydrogen-bond donors (Lipinski definition) is 1. The third kappa shape index (κ3) is 3.80. The maximum atomic E-state index is 13.3. The normalized spacial score (nSPS) is 14.2. The van der Waals surface area contributed by atoms with Crippen LogP contribution in [0, 0.1) is 12.7 Å². The number of amides is 1. The molecule has 1 fully saturated rings. The van der Waals surface area contributed by atoms with Crippen LogP contribution in [0.4, 0.5) is 15.8 Å². The lowest BCUT2D eigenvalue weighted by Gasteiger charge is -2.30. The Morgan fingerprint density at radius 2 is 1.87 bits per heavy atom. The van der Waals surface area contributed by atoms with Crippen molar-refractivity contribution in [3.8, 4) is 5.69 Å². The van der Waals surface area contributed by atoms with Crippen LogP contribution in [-0.2, 0) is 4.74 Å². The Morgan fingerprint density at radius 3 is 2.65 bits per heavy atom. The molecule has 6 nitrogen and oxygen atoms in total. The Bertz CT molecular complexity index is 1240. The number of carbonyl (C=O) groups is 1. The van der Waals surface area contributed by atoms with Gasteiger partial charge >= 0.3 is 0 Å². The molecule has 158 valence electrons. The van der Waals surface area contributed by atoms with Crippen LogP contribution in [0.25, 0.3) is 15.9 Å². The van der Waals surface area contributed by atoms with Gasteiger partial charge in [0.15, 0.2) is 0 Å². The average molecular weight is 437 g/mol. The summed E-state index contributed by atoms with van der Waals surface area (Å²) in [5.74, 6) is -0.457. The molecule has 0 saturated carbocycles. The monoisotopic (exact) mass is 436 g/mol. The van der Waals surface area contributed by atoms with Gasteiger partial charge in [-0.2, -0.15) is 5.10 Å². The number of nitrogens with zero attached hydrogens (tertiary/aromatic N) is 3. The van der Waals surface area contributed by atoms with Crippen molar-refractivity contribution in [1.82, 2.24) is 9.78 Å². The third-order valence-electron chi connectivity index (χ3n) is 5.34. The Morgan fingerprint density at radius 1 is 1.13 bits per heavy atom. The van der Waals surface area contributed by atoms with E-state index in [0.29, 0.717) is 18.1 Å². The first kappa shape index (κ1) is 19.7. The van der Waals surface area contributed by atoms with Gasteiger partial charge in [0.2, 0.25) is 0 Å². The highest BCUT2D eigenvalue weighted by molar-refractivity contribution is 7.20. The smallest absolute Gasteiger partial charge is 0.265 e. The molecule has 0 atom stereocenters. The summed E-state index contributed by atoms with van der Waals surface area (Å²) in [7, 11) is 0. The Hall–Kier alpha value is -3.23. The molecule has 1 amide bonds. The number of anilines is 2. The van der Waals surface area contributed by atoms with Gasteiger partial charge in [0, 0.05) is 18.5 Å². The van der Waals surface area contributed by atoms with Crippen molar-refractivity contribution in [1.29, 1.82) is 0 Å². The molecule has 1 aliphatic rings. The second-order valence-electron chi connectivity index (χ2n) is 7.37. The molecule has 2 aromatic heterocycles. The number of fused-ring (bicyclic) bond motifs is 1. The van der Waals surface area contributed by atoms with Crippen molar-refractivity contribution in [3.05, 3.63) is 71.0 Å². The maximum Gasteiger partial charge on any atom is 0.265 e. The van der Waals surface area contributed by atoms with Gasteiger partial charge in [0.1, 0.15) is 10.6 Å². The Kier molecular flexibility index (Phi) is 5.17. The first-order chi connectivity index (χ1) is 15.1. The van der Waals surface area contributed by atoms with Gasteiger partial charge in [-0.1, -0.05) is 12.1 Å². The standard InChI is InChI=1S/C23H21FN4O2S/c1-15-18-14-21(31-23(18)28(26-15)17-8-6-16(24)7-9-17)22(29)25-19-4-2-3-5-20(19)27-10-12-30-13-11-27/h2-9,14H,10-13H2,1H3,(H,25,29). The van der Waals surface area contributed by atoms with Gasteiger partial charge in [0.05, 0.1) is 40.8 Å². The van der Waals surface area contributed by atoms with Gasteiger partial charge in [-0.05, 0) is 49.4 Å².